The van der Waals surface area contributed by atoms with Gasteiger partial charge in [-0.05, 0) is 6.92 Å². The van der Waals surface area contributed by atoms with Crippen molar-refractivity contribution in [3.63, 3.8) is 0 Å². The van der Waals surface area contributed by atoms with E-state index in [1.165, 1.54) is 25.1 Å². The lowest BCUT2D eigenvalue weighted by atomic mass is 9.80. The van der Waals surface area contributed by atoms with Crippen molar-refractivity contribution in [3.05, 3.63) is 45.6 Å². The number of fused-ring (bicyclic) bond motifs is 1. The van der Waals surface area contributed by atoms with Crippen LogP contribution in [0.2, 0.25) is 0 Å². The number of piperidine rings is 1. The average Bonchev–Trinajstić information content (AvgIpc) is 2.70. The third kappa shape index (κ3) is 2.88. The van der Waals surface area contributed by atoms with Crippen molar-refractivity contribution in [1.29, 1.82) is 0 Å². The van der Waals surface area contributed by atoms with Crippen LogP contribution in [0.5, 0.6) is 0 Å². The number of likely N-dealkylation sites (tertiary alicyclic amines) is 1. The Kier molecular flexibility index (Phi) is 4.78. The zero-order valence-electron chi connectivity index (χ0n) is 15.1. The number of ketones is 1. The minimum absolute atomic E-state index is 0.0744. The summed E-state index contributed by atoms with van der Waals surface area (Å²) < 4.78 is 19.8. The van der Waals surface area contributed by atoms with E-state index in [4.69, 9.17) is 0 Å². The first-order valence-electron chi connectivity index (χ1n) is 8.27. The first kappa shape index (κ1) is 19.9. The van der Waals surface area contributed by atoms with Gasteiger partial charge >= 0.3 is 11.6 Å². The quantitative estimate of drug-likeness (QED) is 0.317. The maximum Gasteiger partial charge on any atom is 0.361 e. The zero-order valence-corrected chi connectivity index (χ0v) is 15.1. The van der Waals surface area contributed by atoms with Crippen LogP contribution in [0, 0.1) is 16.0 Å². The highest BCUT2D eigenvalue weighted by Crippen LogP contribution is 2.41. The maximum atomic E-state index is 15.3. The van der Waals surface area contributed by atoms with Crippen LogP contribution in [0.4, 0.5) is 10.1 Å². The Morgan fingerprint density at radius 1 is 1.34 bits per heavy atom. The number of halogens is 1. The van der Waals surface area contributed by atoms with E-state index in [1.54, 1.807) is 0 Å². The van der Waals surface area contributed by atoms with E-state index >= 15 is 4.39 Å². The first-order chi connectivity index (χ1) is 13.6. The minimum Gasteiger partial charge on any atom is -0.463 e. The lowest BCUT2D eigenvalue weighted by Crippen LogP contribution is -2.64. The van der Waals surface area contributed by atoms with Crippen LogP contribution in [-0.2, 0) is 23.9 Å². The van der Waals surface area contributed by atoms with Crippen LogP contribution >= 0.6 is 0 Å². The van der Waals surface area contributed by atoms with E-state index in [9.17, 15) is 29.3 Å². The lowest BCUT2D eigenvalue weighted by Gasteiger charge is -2.38. The van der Waals surface area contributed by atoms with Gasteiger partial charge in [-0.15, -0.1) is 10.2 Å². The van der Waals surface area contributed by atoms with Crippen LogP contribution in [0.15, 0.2) is 40.2 Å². The molecular formula is C17H13FN4O7. The molecule has 150 valence electrons. The van der Waals surface area contributed by atoms with Crippen molar-refractivity contribution in [1.82, 2.24) is 4.90 Å². The zero-order chi connectivity index (χ0) is 21.5. The summed E-state index contributed by atoms with van der Waals surface area (Å²) >= 11 is 0. The van der Waals surface area contributed by atoms with Gasteiger partial charge in [0.05, 0.1) is 17.2 Å². The van der Waals surface area contributed by atoms with Crippen LogP contribution in [0.25, 0.3) is 5.70 Å². The maximum absolute atomic E-state index is 15.3. The fraction of sp³-hybridized carbons (Fsp3) is 0.294. The molecule has 1 saturated heterocycles. The molecule has 1 aromatic rings. The molecular weight excluding hydrogens is 391 g/mol. The normalized spacial score (nSPS) is 23.9. The number of azo groups is 1. The van der Waals surface area contributed by atoms with Gasteiger partial charge in [0.2, 0.25) is 5.78 Å². The molecule has 12 heteroatoms. The Morgan fingerprint density at radius 3 is 2.66 bits per heavy atom. The smallest absolute Gasteiger partial charge is 0.361 e. The highest BCUT2D eigenvalue weighted by molar-refractivity contribution is 6.32. The molecule has 3 rings (SSSR count). The van der Waals surface area contributed by atoms with E-state index in [0.29, 0.717) is 4.90 Å². The van der Waals surface area contributed by atoms with Crippen LogP contribution in [-0.4, -0.2) is 52.7 Å². The Balaban J connectivity index is 2.20. The number of ether oxygens (including phenoxy) is 1. The van der Waals surface area contributed by atoms with Crippen LogP contribution in [0.1, 0.15) is 12.5 Å². The minimum atomic E-state index is -3.71. The molecule has 2 heterocycles. The molecule has 2 amide bonds. The van der Waals surface area contributed by atoms with E-state index in [1.807, 2.05) is 0 Å². The Labute approximate surface area is 162 Å². The van der Waals surface area contributed by atoms with Crippen molar-refractivity contribution < 1.29 is 33.2 Å². The fourth-order valence-electron chi connectivity index (χ4n) is 3.09. The van der Waals surface area contributed by atoms with E-state index in [0.717, 1.165) is 13.1 Å². The second kappa shape index (κ2) is 6.96. The molecule has 2 unspecified atom stereocenters. The van der Waals surface area contributed by atoms with Gasteiger partial charge in [-0.2, -0.15) is 0 Å². The topological polar surface area (TPSA) is 149 Å². The predicted octanol–water partition coefficient (Wildman–Crippen LogP) is 1.18. The average molecular weight is 404 g/mol. The second-order valence-electron chi connectivity index (χ2n) is 6.12. The van der Waals surface area contributed by atoms with Gasteiger partial charge in [0.1, 0.15) is 11.6 Å². The van der Waals surface area contributed by atoms with Gasteiger partial charge in [0.25, 0.3) is 17.5 Å². The van der Waals surface area contributed by atoms with E-state index in [2.05, 4.69) is 15.0 Å². The Bertz CT molecular complexity index is 1030. The Hall–Kier alpha value is -3.83. The highest BCUT2D eigenvalue weighted by Gasteiger charge is 2.65. The number of hydrogen-bond donors (Lipinski definition) is 0. The summed E-state index contributed by atoms with van der Waals surface area (Å²) in [6.07, 6.45) is 0. The fourth-order valence-corrected chi connectivity index (χ4v) is 3.09. The van der Waals surface area contributed by atoms with Gasteiger partial charge in [0.15, 0.2) is 0 Å². The number of carbonyl (C=O) groups is 4. The summed E-state index contributed by atoms with van der Waals surface area (Å²) in [6.45, 7) is 1.06. The third-order valence-electron chi connectivity index (χ3n) is 4.46. The molecule has 29 heavy (non-hydrogen) atoms. The summed E-state index contributed by atoms with van der Waals surface area (Å²) in [7, 11) is 1.05. The molecule has 1 fully saturated rings. The molecule has 2 atom stereocenters. The van der Waals surface area contributed by atoms with Crippen molar-refractivity contribution in [3.8, 4) is 0 Å². The van der Waals surface area contributed by atoms with Gasteiger partial charge in [-0.3, -0.25) is 24.5 Å². The van der Waals surface area contributed by atoms with Gasteiger partial charge in [0, 0.05) is 24.7 Å². The number of alkyl halides is 1. The summed E-state index contributed by atoms with van der Waals surface area (Å²) in [6, 6.07) is 5.00. The third-order valence-corrected chi connectivity index (χ3v) is 4.46. The second-order valence-corrected chi connectivity index (χ2v) is 6.12. The largest absolute Gasteiger partial charge is 0.463 e. The van der Waals surface area contributed by atoms with Crippen molar-refractivity contribution >= 4 is 35.0 Å². The molecule has 11 nitrogen and oxygen atoms in total. The van der Waals surface area contributed by atoms with Crippen molar-refractivity contribution in [2.24, 2.45) is 16.1 Å². The number of carbonyl (C=O) groups excluding carboxylic acids is 4. The number of non-ortho nitro benzene ring substituents is 1. The molecule has 1 aromatic carbocycles. The number of nitrogens with zero attached hydrogens (tertiary/aromatic N) is 4. The molecule has 2 aliphatic rings. The number of benzene rings is 1. The van der Waals surface area contributed by atoms with Crippen LogP contribution in [0.3, 0.4) is 0 Å². The number of rotatable bonds is 4. The number of hydrogen-bond acceptors (Lipinski definition) is 8. The number of esters is 1. The summed E-state index contributed by atoms with van der Waals surface area (Å²) in [5.74, 6) is -8.03. The summed E-state index contributed by atoms with van der Waals surface area (Å²) in [4.78, 5) is 60.5. The Morgan fingerprint density at radius 2 is 2.03 bits per heavy atom. The molecule has 0 spiro atoms. The van der Waals surface area contributed by atoms with E-state index < -0.39 is 40.1 Å². The standard InChI is InChI=1S/C17H13FN4O7/c1-3-29-16(26)17(18)13(23)10-12(21(2)15(17)25)11(19-20-14(10)24)8-5-4-6-9(7-8)22(27)28/h4-7,10H,3H2,1-2H3. The number of nitro benzene ring substituents is 1. The van der Waals surface area contributed by atoms with Gasteiger partial charge in [-0.25, -0.2) is 9.18 Å². The van der Waals surface area contributed by atoms with Crippen molar-refractivity contribution in [2.75, 3.05) is 13.7 Å². The number of nitro groups is 1. The lowest BCUT2D eigenvalue weighted by molar-refractivity contribution is -0.384. The molecule has 0 aromatic heterocycles. The molecule has 0 aliphatic carbocycles. The molecule has 0 saturated carbocycles. The monoisotopic (exact) mass is 404 g/mol. The molecule has 0 bridgehead atoms. The van der Waals surface area contributed by atoms with Crippen molar-refractivity contribution in [2.45, 2.75) is 12.6 Å². The van der Waals surface area contributed by atoms with Gasteiger partial charge in [-0.1, -0.05) is 12.1 Å². The molecule has 0 N–H and O–H groups in total. The molecule has 0 radical (unpaired) electrons. The van der Waals surface area contributed by atoms with Crippen LogP contribution < -0.4 is 0 Å². The highest BCUT2D eigenvalue weighted by atomic mass is 19.1. The first-order valence-corrected chi connectivity index (χ1v) is 8.27. The SMILES string of the molecule is CCOC(=O)C1(F)C(=O)C2C(=O)N=NC(c3cccc([N+](=O)[O-])c3)=C2N(C)C1=O. The predicted molar refractivity (Wildman–Crippen MR) is 91.6 cm³/mol. The van der Waals surface area contributed by atoms with Gasteiger partial charge < -0.3 is 9.64 Å². The molecule has 2 aliphatic heterocycles. The number of Topliss-reactive ketones (excluding diaryl/α,β-unsaturated/α-hetero) is 1. The summed E-state index contributed by atoms with van der Waals surface area (Å²) in [5.41, 5.74) is -4.48. The number of amides is 2. The summed E-state index contributed by atoms with van der Waals surface area (Å²) in [5, 5.41) is 18.0. The van der Waals surface area contributed by atoms with E-state index in [-0.39, 0.29) is 29.3 Å².